The van der Waals surface area contributed by atoms with Gasteiger partial charge in [0.25, 0.3) is 0 Å². The summed E-state index contributed by atoms with van der Waals surface area (Å²) in [6.45, 7) is 15.1. The number of aliphatic hydroxyl groups is 1. The summed E-state index contributed by atoms with van der Waals surface area (Å²) in [4.78, 5) is 14.3. The van der Waals surface area contributed by atoms with Crippen LogP contribution in [0.25, 0.3) is 0 Å². The highest BCUT2D eigenvalue weighted by atomic mass is 32.2. The number of rotatable bonds is 2. The van der Waals surface area contributed by atoms with E-state index in [1.54, 1.807) is 0 Å². The second-order valence-corrected chi connectivity index (χ2v) is 14.5. The molecule has 192 valence electrons. The van der Waals surface area contributed by atoms with E-state index < -0.39 is 34.6 Å². The maximum absolute atomic E-state index is 14.3. The van der Waals surface area contributed by atoms with E-state index >= 15 is 0 Å². The fraction of sp³-hybridized carbons (Fsp3) is 0.821. The van der Waals surface area contributed by atoms with Gasteiger partial charge in [-0.15, -0.1) is 11.8 Å². The van der Waals surface area contributed by atoms with Gasteiger partial charge in [-0.2, -0.15) is 0 Å². The minimum absolute atomic E-state index is 0.0251. The molecular formula is C28H38O6S. The number of hydrogen-bond acceptors (Lipinski definition) is 7. The lowest BCUT2D eigenvalue weighted by molar-refractivity contribution is -0.526. The first-order valence-corrected chi connectivity index (χ1v) is 14.5. The number of fused-ring (bicyclic) bond motifs is 1. The zero-order valence-corrected chi connectivity index (χ0v) is 22.3. The first kappa shape index (κ1) is 23.3. The van der Waals surface area contributed by atoms with E-state index in [2.05, 4.69) is 27.4 Å². The van der Waals surface area contributed by atoms with E-state index in [1.165, 1.54) is 5.57 Å². The van der Waals surface area contributed by atoms with Crippen LogP contribution >= 0.6 is 11.8 Å². The monoisotopic (exact) mass is 502 g/mol. The standard InChI is InChI=1S/C28H38O6S/c1-7-35-18-11-8-15-12-24(3,4)19-21(30)28-27-17(26(19,13-31-28)22(15)32-18)10-9-16(14(2)20(27)29)23(27)33-25(5,6)34-28/h16-19,21,23,30H,2,7-13H2,1,3-6H3/t16-,17-,18-,19+,21-,23?,26-,27-,28-/m0/s1. The summed E-state index contributed by atoms with van der Waals surface area (Å²) >= 11 is 1.84. The molecule has 0 amide bonds. The van der Waals surface area contributed by atoms with Gasteiger partial charge in [0.05, 0.1) is 18.1 Å². The molecule has 4 bridgehead atoms. The molecule has 4 aliphatic heterocycles. The van der Waals surface area contributed by atoms with E-state index in [0.29, 0.717) is 12.2 Å². The first-order chi connectivity index (χ1) is 16.5. The van der Waals surface area contributed by atoms with Gasteiger partial charge in [0.1, 0.15) is 22.7 Å². The summed E-state index contributed by atoms with van der Waals surface area (Å²) in [7, 11) is 0. The third-order valence-electron chi connectivity index (χ3n) is 10.6. The van der Waals surface area contributed by atoms with Crippen LogP contribution in [0.5, 0.6) is 0 Å². The van der Waals surface area contributed by atoms with Crippen LogP contribution in [0.3, 0.4) is 0 Å². The second kappa shape index (κ2) is 6.76. The smallest absolute Gasteiger partial charge is 0.213 e. The number of hydrogen-bond donors (Lipinski definition) is 1. The van der Waals surface area contributed by atoms with Crippen molar-refractivity contribution in [1.82, 2.24) is 0 Å². The number of ether oxygens (including phenoxy) is 4. The third-order valence-corrected chi connectivity index (χ3v) is 11.6. The van der Waals surface area contributed by atoms with E-state index in [4.69, 9.17) is 18.9 Å². The predicted molar refractivity (Wildman–Crippen MR) is 131 cm³/mol. The number of ketones is 1. The molecule has 1 unspecified atom stereocenters. The van der Waals surface area contributed by atoms with Crippen LogP contribution in [0.1, 0.15) is 66.7 Å². The van der Waals surface area contributed by atoms with Gasteiger partial charge in [-0.3, -0.25) is 4.79 Å². The van der Waals surface area contributed by atoms with E-state index in [0.717, 1.165) is 43.6 Å². The number of allylic oxidation sites excluding steroid dienone is 1. The van der Waals surface area contributed by atoms with Crippen molar-refractivity contribution < 1.29 is 28.8 Å². The normalized spacial score (nSPS) is 52.5. The fourth-order valence-electron chi connectivity index (χ4n) is 9.95. The number of carbonyl (C=O) groups is 1. The maximum Gasteiger partial charge on any atom is 0.213 e. The molecule has 3 spiro atoms. The van der Waals surface area contributed by atoms with Crippen molar-refractivity contribution in [2.45, 2.75) is 95.9 Å². The van der Waals surface area contributed by atoms with Gasteiger partial charge < -0.3 is 24.1 Å². The van der Waals surface area contributed by atoms with E-state index in [9.17, 15) is 9.90 Å². The Hall–Kier alpha value is -0.860. The highest BCUT2D eigenvalue weighted by Crippen LogP contribution is 2.80. The van der Waals surface area contributed by atoms with Crippen molar-refractivity contribution in [2.24, 2.45) is 34.0 Å². The van der Waals surface area contributed by atoms with E-state index in [-0.39, 0.29) is 34.4 Å². The van der Waals surface area contributed by atoms with Gasteiger partial charge in [0, 0.05) is 11.8 Å². The lowest BCUT2D eigenvalue weighted by Gasteiger charge is -2.77. The molecule has 0 aromatic rings. The molecule has 35 heavy (non-hydrogen) atoms. The SMILES string of the molecule is C=C1C(=O)[C@@]23C4OC(C)(C)O[C@]25OC[C@]2(C6=C(CC[C@H](SCC)O6)CC(C)(C)[C@H]2[C@@H]5O)[C@@H]3CC[C@@H]14. The zero-order chi connectivity index (χ0) is 24.8. The summed E-state index contributed by atoms with van der Waals surface area (Å²) in [5.74, 6) is -0.736. The highest BCUT2D eigenvalue weighted by Gasteiger charge is 2.90. The van der Waals surface area contributed by atoms with Gasteiger partial charge >= 0.3 is 0 Å². The van der Waals surface area contributed by atoms with Gasteiger partial charge in [-0.05, 0) is 74.2 Å². The van der Waals surface area contributed by atoms with Gasteiger partial charge in [-0.1, -0.05) is 27.4 Å². The van der Waals surface area contributed by atoms with Crippen molar-refractivity contribution >= 4 is 17.5 Å². The summed E-state index contributed by atoms with van der Waals surface area (Å²) in [5.41, 5.74) is 0.183. The topological polar surface area (TPSA) is 74.2 Å². The summed E-state index contributed by atoms with van der Waals surface area (Å²) in [6.07, 6.45) is 3.22. The predicted octanol–water partition coefficient (Wildman–Crippen LogP) is 4.57. The molecule has 1 N–H and O–H groups in total. The lowest BCUT2D eigenvalue weighted by atomic mass is 9.36. The Balaban J connectivity index is 1.51. The molecule has 8 aliphatic rings. The van der Waals surface area contributed by atoms with Crippen LogP contribution in [0.15, 0.2) is 23.5 Å². The van der Waals surface area contributed by atoms with E-state index in [1.807, 2.05) is 25.6 Å². The molecule has 4 heterocycles. The first-order valence-electron chi connectivity index (χ1n) is 13.4. The Bertz CT molecular complexity index is 1060. The Labute approximate surface area is 212 Å². The molecule has 6 nitrogen and oxygen atoms in total. The Kier molecular flexibility index (Phi) is 4.50. The van der Waals surface area contributed by atoms with Crippen molar-refractivity contribution in [3.05, 3.63) is 23.5 Å². The molecular weight excluding hydrogens is 464 g/mol. The molecule has 0 aromatic carbocycles. The number of carbonyl (C=O) groups excluding carboxylic acids is 1. The summed E-state index contributed by atoms with van der Waals surface area (Å²) in [6, 6.07) is 0. The number of thioether (sulfide) groups is 1. The van der Waals surface area contributed by atoms with Gasteiger partial charge in [0.2, 0.25) is 5.79 Å². The second-order valence-electron chi connectivity index (χ2n) is 13.1. The molecule has 9 atom stereocenters. The molecule has 6 fully saturated rings. The summed E-state index contributed by atoms with van der Waals surface area (Å²) in [5, 5.41) is 12.4. The minimum Gasteiger partial charge on any atom is -0.483 e. The Morgan fingerprint density at radius 2 is 1.94 bits per heavy atom. The van der Waals surface area contributed by atoms with Crippen LogP contribution in [0.4, 0.5) is 0 Å². The molecule has 3 saturated heterocycles. The number of aliphatic hydroxyl groups excluding tert-OH is 1. The Morgan fingerprint density at radius 3 is 2.69 bits per heavy atom. The van der Waals surface area contributed by atoms with Crippen LogP contribution in [0, 0.1) is 34.0 Å². The van der Waals surface area contributed by atoms with Crippen molar-refractivity contribution in [3.63, 3.8) is 0 Å². The fourth-order valence-corrected chi connectivity index (χ4v) is 10.8. The van der Waals surface area contributed by atoms with Crippen LogP contribution in [0.2, 0.25) is 0 Å². The average Bonchev–Trinajstić information content (AvgIpc) is 2.90. The quantitative estimate of drug-likeness (QED) is 0.555. The Morgan fingerprint density at radius 1 is 1.17 bits per heavy atom. The molecule has 8 rings (SSSR count). The molecule has 4 aliphatic carbocycles. The van der Waals surface area contributed by atoms with Crippen LogP contribution < -0.4 is 0 Å². The minimum atomic E-state index is -1.44. The largest absolute Gasteiger partial charge is 0.483 e. The highest BCUT2D eigenvalue weighted by molar-refractivity contribution is 7.99. The van der Waals surface area contributed by atoms with Crippen molar-refractivity contribution in [3.8, 4) is 0 Å². The zero-order valence-electron chi connectivity index (χ0n) is 21.5. The van der Waals surface area contributed by atoms with Crippen molar-refractivity contribution in [2.75, 3.05) is 12.4 Å². The van der Waals surface area contributed by atoms with Gasteiger partial charge in [-0.25, -0.2) is 0 Å². The van der Waals surface area contributed by atoms with Gasteiger partial charge in [0.15, 0.2) is 11.6 Å². The molecule has 7 heteroatoms. The summed E-state index contributed by atoms with van der Waals surface area (Å²) < 4.78 is 26.9. The van der Waals surface area contributed by atoms with Crippen molar-refractivity contribution in [1.29, 1.82) is 0 Å². The molecule has 0 radical (unpaired) electrons. The van der Waals surface area contributed by atoms with Crippen LogP contribution in [-0.2, 0) is 23.7 Å². The third kappa shape index (κ3) is 2.38. The lowest BCUT2D eigenvalue weighted by Crippen LogP contribution is -2.87. The maximum atomic E-state index is 14.3. The molecule has 3 saturated carbocycles. The molecule has 0 aromatic heterocycles. The number of Topliss-reactive ketones (excluding diaryl/α,β-unsaturated/α-hetero) is 1. The van der Waals surface area contributed by atoms with Crippen LogP contribution in [-0.4, -0.2) is 52.5 Å². The average molecular weight is 503 g/mol.